The molecule has 0 saturated carbocycles. The van der Waals surface area contributed by atoms with E-state index in [9.17, 15) is 4.21 Å². The maximum atomic E-state index is 11.2. The largest absolute Gasteiger partial charge is 0.368 e. The first kappa shape index (κ1) is 10.9. The first-order valence-corrected chi connectivity index (χ1v) is 6.42. The van der Waals surface area contributed by atoms with Gasteiger partial charge in [-0.3, -0.25) is 4.21 Å². The molecule has 0 bridgehead atoms. The molecule has 0 amide bonds. The van der Waals surface area contributed by atoms with Gasteiger partial charge in [-0.15, -0.1) is 14.8 Å². The van der Waals surface area contributed by atoms with E-state index < -0.39 is 10.8 Å². The highest BCUT2D eigenvalue weighted by molar-refractivity contribution is 7.84. The van der Waals surface area contributed by atoms with E-state index >= 15 is 0 Å². The van der Waals surface area contributed by atoms with Crippen molar-refractivity contribution in [1.82, 2.24) is 25.3 Å². The Morgan fingerprint density at radius 2 is 2.38 bits per heavy atom. The molecule has 86 valence electrons. The summed E-state index contributed by atoms with van der Waals surface area (Å²) in [5.74, 6) is 1.97. The zero-order valence-corrected chi connectivity index (χ0v) is 9.65. The Kier molecular flexibility index (Phi) is 3.40. The molecule has 2 aromatic heterocycles. The van der Waals surface area contributed by atoms with E-state index in [2.05, 4.69) is 25.9 Å². The third-order valence-corrected chi connectivity index (χ3v) is 3.33. The second-order valence-electron chi connectivity index (χ2n) is 3.10. The van der Waals surface area contributed by atoms with E-state index in [1.165, 1.54) is 4.63 Å². The molecular formula is C8H12N6OS. The highest BCUT2D eigenvalue weighted by atomic mass is 32.2. The van der Waals surface area contributed by atoms with Crippen LogP contribution < -0.4 is 5.32 Å². The van der Waals surface area contributed by atoms with Gasteiger partial charge in [-0.2, -0.15) is 0 Å². The van der Waals surface area contributed by atoms with Crippen LogP contribution in [0.25, 0.3) is 5.65 Å². The summed E-state index contributed by atoms with van der Waals surface area (Å²) >= 11 is 0. The van der Waals surface area contributed by atoms with Gasteiger partial charge < -0.3 is 5.32 Å². The lowest BCUT2D eigenvalue weighted by Gasteiger charge is -2.03. The van der Waals surface area contributed by atoms with Gasteiger partial charge in [-0.05, 0) is 22.6 Å². The highest BCUT2D eigenvalue weighted by Gasteiger charge is 2.00. The van der Waals surface area contributed by atoms with Crippen molar-refractivity contribution < 1.29 is 4.21 Å². The molecule has 1 unspecified atom stereocenters. The number of anilines is 1. The SMILES string of the molecule is CCS(=O)CCNc1ccc2nnnn2n1. The Hall–Kier alpha value is -1.57. The van der Waals surface area contributed by atoms with Crippen LogP contribution in [0.15, 0.2) is 12.1 Å². The zero-order chi connectivity index (χ0) is 11.4. The summed E-state index contributed by atoms with van der Waals surface area (Å²) in [5.41, 5.74) is 0.600. The summed E-state index contributed by atoms with van der Waals surface area (Å²) in [5, 5.41) is 18.1. The molecule has 0 saturated heterocycles. The van der Waals surface area contributed by atoms with Gasteiger partial charge in [0.05, 0.1) is 0 Å². The lowest BCUT2D eigenvalue weighted by molar-refractivity contribution is 0.684. The van der Waals surface area contributed by atoms with E-state index in [0.29, 0.717) is 29.5 Å². The predicted molar refractivity (Wildman–Crippen MR) is 60.6 cm³/mol. The van der Waals surface area contributed by atoms with E-state index in [4.69, 9.17) is 0 Å². The molecule has 7 nitrogen and oxygen atoms in total. The Labute approximate surface area is 94.7 Å². The van der Waals surface area contributed by atoms with Crippen LogP contribution in [0, 0.1) is 0 Å². The minimum Gasteiger partial charge on any atom is -0.368 e. The van der Waals surface area contributed by atoms with Crippen LogP contribution in [0.2, 0.25) is 0 Å². The van der Waals surface area contributed by atoms with Crippen LogP contribution in [-0.2, 0) is 10.8 Å². The smallest absolute Gasteiger partial charge is 0.200 e. The second kappa shape index (κ2) is 4.97. The molecule has 1 atom stereocenters. The van der Waals surface area contributed by atoms with Crippen LogP contribution in [0.3, 0.4) is 0 Å². The molecule has 0 aromatic carbocycles. The number of fused-ring (bicyclic) bond motifs is 1. The molecule has 0 aliphatic rings. The van der Waals surface area contributed by atoms with Gasteiger partial charge >= 0.3 is 0 Å². The van der Waals surface area contributed by atoms with E-state index in [1.807, 2.05) is 6.92 Å². The second-order valence-corrected chi connectivity index (χ2v) is 4.97. The lowest BCUT2D eigenvalue weighted by Crippen LogP contribution is -2.13. The summed E-state index contributed by atoms with van der Waals surface area (Å²) in [6.07, 6.45) is 0. The fraction of sp³-hybridized carbons (Fsp3) is 0.500. The zero-order valence-electron chi connectivity index (χ0n) is 8.83. The minimum atomic E-state index is -0.757. The topological polar surface area (TPSA) is 85.1 Å². The number of hydrogen-bond donors (Lipinski definition) is 1. The molecule has 0 aliphatic carbocycles. The predicted octanol–water partition coefficient (Wildman–Crippen LogP) is -0.300. The molecule has 1 N–H and O–H groups in total. The van der Waals surface area contributed by atoms with E-state index in [1.54, 1.807) is 12.1 Å². The molecule has 0 fully saturated rings. The maximum absolute atomic E-state index is 11.2. The number of aromatic nitrogens is 5. The van der Waals surface area contributed by atoms with Gasteiger partial charge in [0.1, 0.15) is 5.82 Å². The normalized spacial score (nSPS) is 12.8. The van der Waals surface area contributed by atoms with Gasteiger partial charge in [0, 0.05) is 28.9 Å². The molecule has 2 aromatic rings. The Morgan fingerprint density at radius 3 is 3.19 bits per heavy atom. The van der Waals surface area contributed by atoms with Crippen molar-refractivity contribution in [2.24, 2.45) is 0 Å². The first-order valence-electron chi connectivity index (χ1n) is 4.94. The molecular weight excluding hydrogens is 228 g/mol. The summed E-state index contributed by atoms with van der Waals surface area (Å²) in [6, 6.07) is 3.56. The average molecular weight is 240 g/mol. The Balaban J connectivity index is 1.96. The fourth-order valence-electron chi connectivity index (χ4n) is 1.18. The van der Waals surface area contributed by atoms with Crippen molar-refractivity contribution in [3.63, 3.8) is 0 Å². The van der Waals surface area contributed by atoms with Gasteiger partial charge in [-0.25, -0.2) is 0 Å². The number of rotatable bonds is 5. The Morgan fingerprint density at radius 1 is 1.50 bits per heavy atom. The van der Waals surface area contributed by atoms with Crippen LogP contribution in [0.5, 0.6) is 0 Å². The summed E-state index contributed by atoms with van der Waals surface area (Å²) in [7, 11) is -0.757. The van der Waals surface area contributed by atoms with Gasteiger partial charge in [0.25, 0.3) is 0 Å². The van der Waals surface area contributed by atoms with Gasteiger partial charge in [0.2, 0.25) is 0 Å². The molecule has 16 heavy (non-hydrogen) atoms. The van der Waals surface area contributed by atoms with Crippen LogP contribution in [-0.4, -0.2) is 47.5 Å². The summed E-state index contributed by atoms with van der Waals surface area (Å²) in [6.45, 7) is 2.53. The monoisotopic (exact) mass is 240 g/mol. The van der Waals surface area contributed by atoms with Crippen molar-refractivity contribution >= 4 is 22.3 Å². The van der Waals surface area contributed by atoms with Gasteiger partial charge in [-0.1, -0.05) is 6.92 Å². The van der Waals surface area contributed by atoms with Crippen molar-refractivity contribution in [3.8, 4) is 0 Å². The quantitative estimate of drug-likeness (QED) is 0.772. The van der Waals surface area contributed by atoms with Crippen LogP contribution in [0.1, 0.15) is 6.92 Å². The van der Waals surface area contributed by atoms with Gasteiger partial charge in [0.15, 0.2) is 5.65 Å². The number of nitrogens with zero attached hydrogens (tertiary/aromatic N) is 5. The van der Waals surface area contributed by atoms with E-state index in [0.717, 1.165) is 0 Å². The highest BCUT2D eigenvalue weighted by Crippen LogP contribution is 2.02. The molecule has 2 heterocycles. The number of tetrazole rings is 1. The molecule has 0 spiro atoms. The molecule has 0 aliphatic heterocycles. The third kappa shape index (κ3) is 2.51. The summed E-state index contributed by atoms with van der Waals surface area (Å²) < 4.78 is 12.5. The standard InChI is InChI=1S/C8H12N6OS/c1-2-16(15)6-5-9-7-3-4-8-10-12-13-14(8)11-7/h3-4H,2,5-6H2,1H3,(H,9,11). The fourth-order valence-corrected chi connectivity index (χ4v) is 1.80. The average Bonchev–Trinajstić information content (AvgIpc) is 2.76. The van der Waals surface area contributed by atoms with Crippen molar-refractivity contribution in [1.29, 1.82) is 0 Å². The number of hydrogen-bond acceptors (Lipinski definition) is 6. The molecule has 2 rings (SSSR count). The first-order chi connectivity index (χ1) is 7.79. The summed E-state index contributed by atoms with van der Waals surface area (Å²) in [4.78, 5) is 0. The van der Waals surface area contributed by atoms with Crippen molar-refractivity contribution in [2.45, 2.75) is 6.92 Å². The van der Waals surface area contributed by atoms with Crippen molar-refractivity contribution in [2.75, 3.05) is 23.4 Å². The Bertz CT molecular complexity index is 498. The molecule has 0 radical (unpaired) electrons. The van der Waals surface area contributed by atoms with Crippen LogP contribution in [0.4, 0.5) is 5.82 Å². The molecule has 8 heteroatoms. The lowest BCUT2D eigenvalue weighted by atomic mass is 10.5. The van der Waals surface area contributed by atoms with Crippen LogP contribution >= 0.6 is 0 Å². The van der Waals surface area contributed by atoms with E-state index in [-0.39, 0.29) is 0 Å². The van der Waals surface area contributed by atoms with Crippen molar-refractivity contribution in [3.05, 3.63) is 12.1 Å². The minimum absolute atomic E-state index is 0.600. The third-order valence-electron chi connectivity index (χ3n) is 2.03. The number of nitrogens with one attached hydrogen (secondary N) is 1. The maximum Gasteiger partial charge on any atom is 0.200 e.